The highest BCUT2D eigenvalue weighted by Gasteiger charge is 2.19. The van der Waals surface area contributed by atoms with Crippen LogP contribution in [0.1, 0.15) is 39.2 Å². The monoisotopic (exact) mass is 275 g/mol. The summed E-state index contributed by atoms with van der Waals surface area (Å²) in [7, 11) is 1.94. The third kappa shape index (κ3) is 2.57. The second-order valence-electron chi connectivity index (χ2n) is 5.64. The maximum Gasteiger partial charge on any atom is 0.131 e. The Morgan fingerprint density at radius 3 is 2.50 bits per heavy atom. The lowest BCUT2D eigenvalue weighted by Crippen LogP contribution is -2.11. The molecule has 2 aromatic heterocycles. The number of rotatable bonds is 5. The molecule has 2 heterocycles. The Bertz CT molecular complexity index is 592. The predicted octanol–water partition coefficient (Wildman–Crippen LogP) is 2.65. The van der Waals surface area contributed by atoms with Gasteiger partial charge >= 0.3 is 0 Å². The van der Waals surface area contributed by atoms with Crippen molar-refractivity contribution in [2.75, 3.05) is 5.73 Å². The molecule has 110 valence electrons. The normalized spacial score (nSPS) is 11.5. The van der Waals surface area contributed by atoms with Crippen LogP contribution < -0.4 is 5.73 Å². The van der Waals surface area contributed by atoms with Crippen molar-refractivity contribution in [3.8, 4) is 11.3 Å². The van der Waals surface area contributed by atoms with Crippen molar-refractivity contribution in [3.63, 3.8) is 0 Å². The van der Waals surface area contributed by atoms with Crippen LogP contribution in [0.15, 0.2) is 6.20 Å². The average molecular weight is 275 g/mol. The number of nitrogen functional groups attached to an aromatic ring is 1. The van der Waals surface area contributed by atoms with Gasteiger partial charge in [0.1, 0.15) is 17.3 Å². The second kappa shape index (κ2) is 5.69. The number of aromatic nitrogens is 4. The Morgan fingerprint density at radius 2 is 1.95 bits per heavy atom. The minimum absolute atomic E-state index is 0.546. The highest BCUT2D eigenvalue weighted by atomic mass is 15.3. The van der Waals surface area contributed by atoms with Crippen LogP contribution in [-0.4, -0.2) is 19.3 Å². The molecule has 2 aromatic rings. The van der Waals surface area contributed by atoms with E-state index in [1.54, 1.807) is 0 Å². The summed E-state index contributed by atoms with van der Waals surface area (Å²) in [5.74, 6) is 2.36. The lowest BCUT2D eigenvalue weighted by Gasteiger charge is -2.11. The minimum atomic E-state index is 0.546. The summed E-state index contributed by atoms with van der Waals surface area (Å²) >= 11 is 0. The summed E-state index contributed by atoms with van der Waals surface area (Å²) in [6.07, 6.45) is 3.78. The van der Waals surface area contributed by atoms with Gasteiger partial charge in [-0.1, -0.05) is 27.7 Å². The molecule has 5 nitrogen and oxygen atoms in total. The van der Waals surface area contributed by atoms with E-state index in [0.717, 1.165) is 48.0 Å². The van der Waals surface area contributed by atoms with E-state index >= 15 is 0 Å². The lowest BCUT2D eigenvalue weighted by molar-refractivity contribution is 0.513. The Balaban J connectivity index is 2.54. The Morgan fingerprint density at radius 1 is 1.25 bits per heavy atom. The van der Waals surface area contributed by atoms with E-state index in [-0.39, 0.29) is 0 Å². The number of hydrogen-bond acceptors (Lipinski definition) is 3. The molecule has 2 rings (SSSR count). The number of hydrogen-bond donors (Lipinski definition) is 1. The average Bonchev–Trinajstić information content (AvgIpc) is 2.91. The first-order valence-electron chi connectivity index (χ1n) is 7.35. The van der Waals surface area contributed by atoms with E-state index in [0.29, 0.717) is 5.92 Å². The maximum absolute atomic E-state index is 6.36. The van der Waals surface area contributed by atoms with Crippen LogP contribution in [0.25, 0.3) is 11.3 Å². The predicted molar refractivity (Wildman–Crippen MR) is 82.4 cm³/mol. The van der Waals surface area contributed by atoms with Crippen molar-refractivity contribution in [2.45, 2.75) is 47.1 Å². The zero-order valence-electron chi connectivity index (χ0n) is 13.1. The molecule has 0 spiro atoms. The van der Waals surface area contributed by atoms with Gasteiger partial charge in [0.05, 0.1) is 5.69 Å². The molecule has 0 amide bonds. The number of anilines is 1. The third-order valence-corrected chi connectivity index (χ3v) is 3.45. The number of imidazole rings is 1. The van der Waals surface area contributed by atoms with Gasteiger partial charge in [-0.3, -0.25) is 4.68 Å². The molecule has 0 atom stereocenters. The molecule has 0 bridgehead atoms. The van der Waals surface area contributed by atoms with E-state index in [9.17, 15) is 0 Å². The SMILES string of the molecule is CCc1nn(C)cc1-c1nc(CC)n(CC(C)C)c1N. The van der Waals surface area contributed by atoms with Crippen molar-refractivity contribution in [1.29, 1.82) is 0 Å². The van der Waals surface area contributed by atoms with Gasteiger partial charge in [0.25, 0.3) is 0 Å². The molecule has 5 heteroatoms. The van der Waals surface area contributed by atoms with E-state index in [1.807, 2.05) is 17.9 Å². The quantitative estimate of drug-likeness (QED) is 0.912. The van der Waals surface area contributed by atoms with Crippen LogP contribution in [0.4, 0.5) is 5.82 Å². The molecule has 0 aromatic carbocycles. The molecule has 0 aliphatic heterocycles. The fourth-order valence-electron chi connectivity index (χ4n) is 2.54. The smallest absolute Gasteiger partial charge is 0.131 e. The van der Waals surface area contributed by atoms with Gasteiger partial charge in [-0.25, -0.2) is 4.98 Å². The zero-order chi connectivity index (χ0) is 14.9. The first kappa shape index (κ1) is 14.6. The minimum Gasteiger partial charge on any atom is -0.383 e. The van der Waals surface area contributed by atoms with Crippen molar-refractivity contribution in [2.24, 2.45) is 13.0 Å². The standard InChI is InChI=1S/C15H25N5/c1-6-12-11(9-19(5)18-12)14-15(16)20(8-10(3)4)13(7-2)17-14/h9-10H,6-8,16H2,1-5H3. The molecule has 0 unspecified atom stereocenters. The molecule has 20 heavy (non-hydrogen) atoms. The maximum atomic E-state index is 6.36. The summed E-state index contributed by atoms with van der Waals surface area (Å²) in [5.41, 5.74) is 9.35. The highest BCUT2D eigenvalue weighted by Crippen LogP contribution is 2.29. The van der Waals surface area contributed by atoms with Crippen molar-refractivity contribution >= 4 is 5.82 Å². The van der Waals surface area contributed by atoms with Crippen LogP contribution >= 0.6 is 0 Å². The van der Waals surface area contributed by atoms with Crippen LogP contribution in [0, 0.1) is 5.92 Å². The molecule has 0 aliphatic carbocycles. The van der Waals surface area contributed by atoms with Gasteiger partial charge in [0, 0.05) is 31.8 Å². The van der Waals surface area contributed by atoms with E-state index in [2.05, 4.69) is 37.4 Å². The van der Waals surface area contributed by atoms with Crippen LogP contribution in [0.5, 0.6) is 0 Å². The van der Waals surface area contributed by atoms with E-state index < -0.39 is 0 Å². The van der Waals surface area contributed by atoms with Gasteiger partial charge in [0.15, 0.2) is 0 Å². The van der Waals surface area contributed by atoms with Crippen molar-refractivity contribution in [3.05, 3.63) is 17.7 Å². The molecule has 0 saturated heterocycles. The second-order valence-corrected chi connectivity index (χ2v) is 5.64. The summed E-state index contributed by atoms with van der Waals surface area (Å²) in [4.78, 5) is 4.76. The van der Waals surface area contributed by atoms with E-state index in [4.69, 9.17) is 10.7 Å². The number of nitrogens with zero attached hydrogens (tertiary/aromatic N) is 4. The van der Waals surface area contributed by atoms with Crippen LogP contribution in [0.3, 0.4) is 0 Å². The van der Waals surface area contributed by atoms with Gasteiger partial charge < -0.3 is 10.3 Å². The first-order chi connectivity index (χ1) is 9.47. The van der Waals surface area contributed by atoms with Crippen molar-refractivity contribution in [1.82, 2.24) is 19.3 Å². The Hall–Kier alpha value is -1.78. The van der Waals surface area contributed by atoms with Gasteiger partial charge in [-0.05, 0) is 12.3 Å². The lowest BCUT2D eigenvalue weighted by atomic mass is 10.1. The van der Waals surface area contributed by atoms with Gasteiger partial charge in [-0.2, -0.15) is 5.10 Å². The summed E-state index contributed by atoms with van der Waals surface area (Å²) in [5, 5.41) is 4.48. The molecule has 0 aliphatic rings. The van der Waals surface area contributed by atoms with Gasteiger partial charge in [0.2, 0.25) is 0 Å². The topological polar surface area (TPSA) is 61.7 Å². The third-order valence-electron chi connectivity index (χ3n) is 3.45. The molecule has 0 fully saturated rings. The fourth-order valence-corrected chi connectivity index (χ4v) is 2.54. The summed E-state index contributed by atoms with van der Waals surface area (Å²) in [6, 6.07) is 0. The van der Waals surface area contributed by atoms with Gasteiger partial charge in [-0.15, -0.1) is 0 Å². The summed E-state index contributed by atoms with van der Waals surface area (Å²) in [6.45, 7) is 9.52. The molecule has 2 N–H and O–H groups in total. The van der Waals surface area contributed by atoms with Crippen molar-refractivity contribution < 1.29 is 0 Å². The fraction of sp³-hybridized carbons (Fsp3) is 0.600. The number of aryl methyl sites for hydroxylation is 3. The van der Waals surface area contributed by atoms with E-state index in [1.165, 1.54) is 0 Å². The summed E-state index contributed by atoms with van der Waals surface area (Å²) < 4.78 is 3.98. The number of nitrogens with two attached hydrogens (primary N) is 1. The van der Waals surface area contributed by atoms with Crippen LogP contribution in [-0.2, 0) is 26.4 Å². The molecule has 0 saturated carbocycles. The van der Waals surface area contributed by atoms with Crippen LogP contribution in [0.2, 0.25) is 0 Å². The Labute approximate surface area is 120 Å². The molecule has 0 radical (unpaired) electrons. The zero-order valence-corrected chi connectivity index (χ0v) is 13.1. The molecular formula is C15H25N5. The highest BCUT2D eigenvalue weighted by molar-refractivity contribution is 5.72. The first-order valence-corrected chi connectivity index (χ1v) is 7.35. The largest absolute Gasteiger partial charge is 0.383 e. The Kier molecular flexibility index (Phi) is 4.16. The molecular weight excluding hydrogens is 250 g/mol.